The number of hydrogen-bond acceptors (Lipinski definition) is 6. The van der Waals surface area contributed by atoms with E-state index in [0.717, 1.165) is 40.6 Å². The van der Waals surface area contributed by atoms with Crippen molar-refractivity contribution in [3.63, 3.8) is 0 Å². The molecule has 0 amide bonds. The van der Waals surface area contributed by atoms with Crippen LogP contribution in [0.2, 0.25) is 0 Å². The van der Waals surface area contributed by atoms with Crippen LogP contribution in [0.15, 0.2) is 41.8 Å². The van der Waals surface area contributed by atoms with E-state index in [-0.39, 0.29) is 11.9 Å². The molecule has 4 rings (SSSR count). The van der Waals surface area contributed by atoms with Crippen molar-refractivity contribution in [2.75, 3.05) is 19.0 Å². The molecule has 33 heavy (non-hydrogen) atoms. The van der Waals surface area contributed by atoms with Crippen LogP contribution in [0.3, 0.4) is 0 Å². The number of aromatic nitrogens is 2. The van der Waals surface area contributed by atoms with Crippen LogP contribution < -0.4 is 4.74 Å². The fourth-order valence-corrected chi connectivity index (χ4v) is 5.36. The lowest BCUT2D eigenvalue weighted by atomic mass is 9.94. The van der Waals surface area contributed by atoms with Crippen molar-refractivity contribution in [1.82, 2.24) is 9.97 Å². The summed E-state index contributed by atoms with van der Waals surface area (Å²) in [4.78, 5) is 9.09. The molecule has 1 aliphatic heterocycles. The van der Waals surface area contributed by atoms with Gasteiger partial charge in [-0.15, -0.1) is 0 Å². The molecule has 1 aromatic carbocycles. The Bertz CT molecular complexity index is 822. The van der Waals surface area contributed by atoms with Gasteiger partial charge in [0.2, 0.25) is 0 Å². The molecule has 1 atom stereocenters. The SMILES string of the molecule is CCCCCCCCSc1ncc(-c2ccc(OCC3COC4(CCCCC4)O3)cc2)cn1. The summed E-state index contributed by atoms with van der Waals surface area (Å²) in [5.74, 6) is 1.60. The first-order valence-electron chi connectivity index (χ1n) is 12.8. The van der Waals surface area contributed by atoms with E-state index in [1.807, 2.05) is 24.5 Å². The average molecular weight is 471 g/mol. The second-order valence-electron chi connectivity index (χ2n) is 9.23. The molecule has 1 aromatic heterocycles. The maximum Gasteiger partial charge on any atom is 0.187 e. The Morgan fingerprint density at radius 2 is 1.67 bits per heavy atom. The molecule has 2 heterocycles. The molecule has 1 saturated carbocycles. The van der Waals surface area contributed by atoms with Crippen molar-refractivity contribution in [3.8, 4) is 16.9 Å². The van der Waals surface area contributed by atoms with E-state index < -0.39 is 0 Å². The van der Waals surface area contributed by atoms with Crippen molar-refractivity contribution in [1.29, 1.82) is 0 Å². The first-order valence-corrected chi connectivity index (χ1v) is 13.7. The van der Waals surface area contributed by atoms with Crippen LogP contribution in [0.1, 0.15) is 77.6 Å². The molecule has 2 aliphatic rings. The molecule has 1 aliphatic carbocycles. The van der Waals surface area contributed by atoms with E-state index in [1.54, 1.807) is 11.8 Å². The zero-order chi connectivity index (χ0) is 22.8. The number of benzene rings is 1. The standard InChI is InChI=1S/C27H38N2O3S/c1-2-3-4-5-6-10-17-33-26-28-18-23(19-29-26)22-11-13-24(14-12-22)30-20-25-21-31-27(32-25)15-8-7-9-16-27/h11-14,18-19,25H,2-10,15-17,20-21H2,1H3. The molecule has 0 N–H and O–H groups in total. The fourth-order valence-electron chi connectivity index (χ4n) is 4.57. The third kappa shape index (κ3) is 7.43. The molecule has 2 fully saturated rings. The van der Waals surface area contributed by atoms with E-state index in [1.165, 1.54) is 57.8 Å². The molecule has 1 unspecified atom stereocenters. The van der Waals surface area contributed by atoms with Gasteiger partial charge in [0.15, 0.2) is 10.9 Å². The van der Waals surface area contributed by atoms with Gasteiger partial charge in [0.1, 0.15) is 18.5 Å². The molecule has 2 aromatic rings. The van der Waals surface area contributed by atoms with Crippen LogP contribution in [0.5, 0.6) is 5.75 Å². The monoisotopic (exact) mass is 470 g/mol. The van der Waals surface area contributed by atoms with Gasteiger partial charge in [-0.05, 0) is 37.0 Å². The molecule has 1 spiro atoms. The quantitative estimate of drug-likeness (QED) is 0.188. The van der Waals surface area contributed by atoms with Gasteiger partial charge in [0.25, 0.3) is 0 Å². The van der Waals surface area contributed by atoms with Gasteiger partial charge < -0.3 is 14.2 Å². The van der Waals surface area contributed by atoms with Gasteiger partial charge in [0.05, 0.1) is 6.61 Å². The second kappa shape index (κ2) is 12.7. The summed E-state index contributed by atoms with van der Waals surface area (Å²) in [5, 5.41) is 0.863. The third-order valence-corrected chi connectivity index (χ3v) is 7.47. The Morgan fingerprint density at radius 1 is 0.939 bits per heavy atom. The normalized spacial score (nSPS) is 19.7. The highest BCUT2D eigenvalue weighted by Crippen LogP contribution is 2.37. The summed E-state index contributed by atoms with van der Waals surface area (Å²) in [6.45, 7) is 3.40. The molecule has 1 saturated heterocycles. The molecule has 180 valence electrons. The van der Waals surface area contributed by atoms with Crippen LogP contribution in [0.25, 0.3) is 11.1 Å². The highest BCUT2D eigenvalue weighted by atomic mass is 32.2. The first-order chi connectivity index (χ1) is 16.3. The lowest BCUT2D eigenvalue weighted by Gasteiger charge is -2.31. The summed E-state index contributed by atoms with van der Waals surface area (Å²) >= 11 is 1.75. The van der Waals surface area contributed by atoms with E-state index >= 15 is 0 Å². The van der Waals surface area contributed by atoms with E-state index in [0.29, 0.717) is 13.2 Å². The summed E-state index contributed by atoms with van der Waals surface area (Å²) in [7, 11) is 0. The number of hydrogen-bond donors (Lipinski definition) is 0. The Hall–Kier alpha value is -1.63. The average Bonchev–Trinajstić information content (AvgIpc) is 3.25. The fraction of sp³-hybridized carbons (Fsp3) is 0.630. The number of nitrogens with zero attached hydrogens (tertiary/aromatic N) is 2. The van der Waals surface area contributed by atoms with Crippen molar-refractivity contribution in [2.45, 2.75) is 94.6 Å². The Morgan fingerprint density at radius 3 is 2.42 bits per heavy atom. The van der Waals surface area contributed by atoms with E-state index in [4.69, 9.17) is 14.2 Å². The van der Waals surface area contributed by atoms with Crippen LogP contribution in [0.4, 0.5) is 0 Å². The van der Waals surface area contributed by atoms with Gasteiger partial charge in [0, 0.05) is 36.6 Å². The largest absolute Gasteiger partial charge is 0.491 e. The number of unbranched alkanes of at least 4 members (excludes halogenated alkanes) is 5. The van der Waals surface area contributed by atoms with Gasteiger partial charge in [-0.2, -0.15) is 0 Å². The minimum atomic E-state index is -0.338. The molecule has 6 heteroatoms. The molecule has 5 nitrogen and oxygen atoms in total. The Labute approximate surface area is 203 Å². The lowest BCUT2D eigenvalue weighted by Crippen LogP contribution is -2.34. The molecule has 0 bridgehead atoms. The highest BCUT2D eigenvalue weighted by molar-refractivity contribution is 7.99. The summed E-state index contributed by atoms with van der Waals surface area (Å²) < 4.78 is 18.2. The minimum absolute atomic E-state index is 0.0116. The highest BCUT2D eigenvalue weighted by Gasteiger charge is 2.42. The zero-order valence-electron chi connectivity index (χ0n) is 20.0. The molecular weight excluding hydrogens is 432 g/mol. The number of thioether (sulfide) groups is 1. The Balaban J connectivity index is 1.18. The Kier molecular flexibility index (Phi) is 9.45. The molecular formula is C27H38N2O3S. The summed E-state index contributed by atoms with van der Waals surface area (Å²) in [6.07, 6.45) is 17.4. The first kappa shape index (κ1) is 24.5. The van der Waals surface area contributed by atoms with Gasteiger partial charge in [-0.25, -0.2) is 9.97 Å². The van der Waals surface area contributed by atoms with Crippen molar-refractivity contribution >= 4 is 11.8 Å². The number of ether oxygens (including phenoxy) is 3. The summed E-state index contributed by atoms with van der Waals surface area (Å²) in [5.41, 5.74) is 2.12. The lowest BCUT2D eigenvalue weighted by molar-refractivity contribution is -0.189. The van der Waals surface area contributed by atoms with Crippen LogP contribution >= 0.6 is 11.8 Å². The van der Waals surface area contributed by atoms with Crippen molar-refractivity contribution in [2.24, 2.45) is 0 Å². The van der Waals surface area contributed by atoms with Gasteiger partial charge >= 0.3 is 0 Å². The maximum absolute atomic E-state index is 6.21. The van der Waals surface area contributed by atoms with Gasteiger partial charge in [-0.3, -0.25) is 0 Å². The van der Waals surface area contributed by atoms with Gasteiger partial charge in [-0.1, -0.05) is 69.3 Å². The smallest absolute Gasteiger partial charge is 0.187 e. The van der Waals surface area contributed by atoms with Crippen LogP contribution in [-0.4, -0.2) is 40.8 Å². The van der Waals surface area contributed by atoms with E-state index in [9.17, 15) is 0 Å². The van der Waals surface area contributed by atoms with Crippen LogP contribution in [0, 0.1) is 0 Å². The van der Waals surface area contributed by atoms with Crippen LogP contribution in [-0.2, 0) is 9.47 Å². The minimum Gasteiger partial charge on any atom is -0.491 e. The number of rotatable bonds is 12. The topological polar surface area (TPSA) is 53.5 Å². The summed E-state index contributed by atoms with van der Waals surface area (Å²) in [6, 6.07) is 8.13. The van der Waals surface area contributed by atoms with Crippen molar-refractivity contribution in [3.05, 3.63) is 36.7 Å². The predicted octanol–water partition coefficient (Wildman–Crippen LogP) is 7.05. The molecule has 0 radical (unpaired) electrons. The predicted molar refractivity (Wildman–Crippen MR) is 134 cm³/mol. The maximum atomic E-state index is 6.21. The second-order valence-corrected chi connectivity index (χ2v) is 10.3. The zero-order valence-corrected chi connectivity index (χ0v) is 20.8. The van der Waals surface area contributed by atoms with Crippen molar-refractivity contribution < 1.29 is 14.2 Å². The van der Waals surface area contributed by atoms with E-state index in [2.05, 4.69) is 29.0 Å². The third-order valence-electron chi connectivity index (χ3n) is 6.51.